The van der Waals surface area contributed by atoms with Gasteiger partial charge in [-0.1, -0.05) is 12.5 Å². The fraction of sp³-hybridized carbons (Fsp3) is 0.533. The molecule has 19 heavy (non-hydrogen) atoms. The molecule has 0 bridgehead atoms. The van der Waals surface area contributed by atoms with Crippen LogP contribution < -0.4 is 5.43 Å². The van der Waals surface area contributed by atoms with Crippen LogP contribution in [0, 0.1) is 11.3 Å². The molecular formula is C15H21N3S. The van der Waals surface area contributed by atoms with Crippen LogP contribution in [0.2, 0.25) is 0 Å². The molecule has 102 valence electrons. The average molecular weight is 275 g/mol. The van der Waals surface area contributed by atoms with Gasteiger partial charge in [0.1, 0.15) is 6.07 Å². The molecule has 2 rings (SSSR count). The molecular weight excluding hydrogens is 254 g/mol. The third-order valence-electron chi connectivity index (χ3n) is 3.80. The van der Waals surface area contributed by atoms with E-state index >= 15 is 0 Å². The van der Waals surface area contributed by atoms with E-state index in [0.29, 0.717) is 12.1 Å². The van der Waals surface area contributed by atoms with Crippen LogP contribution in [0.15, 0.2) is 23.1 Å². The van der Waals surface area contributed by atoms with Crippen molar-refractivity contribution >= 4 is 17.4 Å². The molecule has 0 aromatic heterocycles. The van der Waals surface area contributed by atoms with Crippen molar-refractivity contribution in [2.75, 3.05) is 11.7 Å². The van der Waals surface area contributed by atoms with Gasteiger partial charge < -0.3 is 5.43 Å². The van der Waals surface area contributed by atoms with E-state index in [1.54, 1.807) is 11.8 Å². The molecule has 1 aliphatic heterocycles. The zero-order valence-electron chi connectivity index (χ0n) is 11.8. The molecule has 0 spiro atoms. The summed E-state index contributed by atoms with van der Waals surface area (Å²) in [4.78, 5) is 1.03. The highest BCUT2D eigenvalue weighted by Gasteiger charge is 2.25. The van der Waals surface area contributed by atoms with Gasteiger partial charge in [-0.2, -0.15) is 5.26 Å². The summed E-state index contributed by atoms with van der Waals surface area (Å²) in [5.41, 5.74) is 5.15. The summed E-state index contributed by atoms with van der Waals surface area (Å²) in [5, 5.41) is 11.7. The standard InChI is InChI=1S/C15H21N3S/c1-11-6-4-7-12(2)18(11)17-14-8-5-9-15(19-3)13(14)10-16/h5,8-9,11-12,17H,4,6-7H2,1-3H3. The summed E-state index contributed by atoms with van der Waals surface area (Å²) >= 11 is 1.62. The van der Waals surface area contributed by atoms with Crippen LogP contribution in [0.3, 0.4) is 0 Å². The Labute approximate surface area is 120 Å². The van der Waals surface area contributed by atoms with Gasteiger partial charge in [0.25, 0.3) is 0 Å². The largest absolute Gasteiger partial charge is 0.317 e. The fourth-order valence-electron chi connectivity index (χ4n) is 2.69. The van der Waals surface area contributed by atoms with Crippen molar-refractivity contribution in [3.63, 3.8) is 0 Å². The van der Waals surface area contributed by atoms with Gasteiger partial charge in [0, 0.05) is 17.0 Å². The first-order valence-corrected chi connectivity index (χ1v) is 8.02. The predicted molar refractivity (Wildman–Crippen MR) is 81.2 cm³/mol. The number of piperidine rings is 1. The van der Waals surface area contributed by atoms with Crippen LogP contribution in [0.5, 0.6) is 0 Å². The molecule has 1 aliphatic rings. The SMILES string of the molecule is CSc1cccc(NN2C(C)CCCC2C)c1C#N. The fourth-order valence-corrected chi connectivity index (χ4v) is 3.26. The topological polar surface area (TPSA) is 39.1 Å². The van der Waals surface area contributed by atoms with Crippen LogP contribution in [0.1, 0.15) is 38.7 Å². The Morgan fingerprint density at radius 2 is 2.00 bits per heavy atom. The van der Waals surface area contributed by atoms with Crippen LogP contribution >= 0.6 is 11.8 Å². The Hall–Kier alpha value is -1.18. The summed E-state index contributed by atoms with van der Waals surface area (Å²) in [6, 6.07) is 9.34. The summed E-state index contributed by atoms with van der Waals surface area (Å²) in [7, 11) is 0. The lowest BCUT2D eigenvalue weighted by Crippen LogP contribution is -2.47. The average Bonchev–Trinajstić information content (AvgIpc) is 2.42. The van der Waals surface area contributed by atoms with E-state index < -0.39 is 0 Å². The maximum atomic E-state index is 9.37. The van der Waals surface area contributed by atoms with E-state index in [1.807, 2.05) is 24.5 Å². The van der Waals surface area contributed by atoms with E-state index in [9.17, 15) is 5.26 Å². The molecule has 1 N–H and O–H groups in total. The van der Waals surface area contributed by atoms with Gasteiger partial charge in [-0.25, -0.2) is 5.01 Å². The Balaban J connectivity index is 2.25. The van der Waals surface area contributed by atoms with Crippen molar-refractivity contribution in [1.82, 2.24) is 5.01 Å². The number of benzene rings is 1. The second kappa shape index (κ2) is 6.31. The molecule has 1 aromatic carbocycles. The van der Waals surface area contributed by atoms with Crippen LogP contribution in [0.25, 0.3) is 0 Å². The smallest absolute Gasteiger partial charge is 0.103 e. The van der Waals surface area contributed by atoms with Gasteiger partial charge in [0.15, 0.2) is 0 Å². The highest BCUT2D eigenvalue weighted by molar-refractivity contribution is 7.98. The number of hydrogen-bond donors (Lipinski definition) is 1. The van der Waals surface area contributed by atoms with Gasteiger partial charge >= 0.3 is 0 Å². The van der Waals surface area contributed by atoms with Crippen molar-refractivity contribution < 1.29 is 0 Å². The Morgan fingerprint density at radius 3 is 2.58 bits per heavy atom. The molecule has 2 atom stereocenters. The Kier molecular flexibility index (Phi) is 4.73. The molecule has 0 aliphatic carbocycles. The number of nitrogens with one attached hydrogen (secondary N) is 1. The maximum absolute atomic E-state index is 9.37. The third-order valence-corrected chi connectivity index (χ3v) is 4.58. The highest BCUT2D eigenvalue weighted by Crippen LogP contribution is 2.29. The molecule has 1 aromatic rings. The quantitative estimate of drug-likeness (QED) is 0.850. The molecule has 4 heteroatoms. The lowest BCUT2D eigenvalue weighted by molar-refractivity contribution is 0.135. The van der Waals surface area contributed by atoms with Crippen molar-refractivity contribution in [2.45, 2.75) is 50.1 Å². The minimum Gasteiger partial charge on any atom is -0.317 e. The van der Waals surface area contributed by atoms with E-state index in [0.717, 1.165) is 16.1 Å². The van der Waals surface area contributed by atoms with Crippen molar-refractivity contribution in [2.24, 2.45) is 0 Å². The monoisotopic (exact) mass is 275 g/mol. The predicted octanol–water partition coefficient (Wildman–Crippen LogP) is 3.87. The van der Waals surface area contributed by atoms with E-state index in [1.165, 1.54) is 19.3 Å². The molecule has 1 saturated heterocycles. The van der Waals surface area contributed by atoms with Gasteiger partial charge in [-0.05, 0) is 45.1 Å². The molecule has 0 amide bonds. The zero-order chi connectivity index (χ0) is 13.8. The number of nitriles is 1. The molecule has 3 nitrogen and oxygen atoms in total. The van der Waals surface area contributed by atoms with Gasteiger partial charge in [-0.15, -0.1) is 11.8 Å². The summed E-state index contributed by atoms with van der Waals surface area (Å²) < 4.78 is 0. The van der Waals surface area contributed by atoms with Crippen molar-refractivity contribution in [1.29, 1.82) is 5.26 Å². The van der Waals surface area contributed by atoms with Crippen molar-refractivity contribution in [3.8, 4) is 6.07 Å². The second-order valence-electron chi connectivity index (χ2n) is 5.14. The van der Waals surface area contributed by atoms with Crippen LogP contribution in [-0.2, 0) is 0 Å². The van der Waals surface area contributed by atoms with Crippen LogP contribution in [-0.4, -0.2) is 23.3 Å². The second-order valence-corrected chi connectivity index (χ2v) is 5.99. The minimum absolute atomic E-state index is 0.508. The molecule has 0 saturated carbocycles. The third kappa shape index (κ3) is 3.05. The number of hydrogen-bond acceptors (Lipinski definition) is 4. The molecule has 2 unspecified atom stereocenters. The summed E-state index contributed by atoms with van der Waals surface area (Å²) in [5.74, 6) is 0. The minimum atomic E-state index is 0.508. The first-order chi connectivity index (χ1) is 9.17. The van der Waals surface area contributed by atoms with Crippen molar-refractivity contribution in [3.05, 3.63) is 23.8 Å². The molecule has 1 fully saturated rings. The van der Waals surface area contributed by atoms with Gasteiger partial charge in [0.05, 0.1) is 11.3 Å². The number of nitrogens with zero attached hydrogens (tertiary/aromatic N) is 2. The summed E-state index contributed by atoms with van der Waals surface area (Å²) in [6.45, 7) is 4.49. The lowest BCUT2D eigenvalue weighted by Gasteiger charge is -2.39. The zero-order valence-corrected chi connectivity index (χ0v) is 12.6. The first-order valence-electron chi connectivity index (χ1n) is 6.79. The number of rotatable bonds is 3. The number of hydrazine groups is 1. The lowest BCUT2D eigenvalue weighted by atomic mass is 10.00. The first kappa shape index (κ1) is 14.2. The van der Waals surface area contributed by atoms with E-state index in [-0.39, 0.29) is 0 Å². The van der Waals surface area contributed by atoms with Gasteiger partial charge in [0.2, 0.25) is 0 Å². The van der Waals surface area contributed by atoms with E-state index in [2.05, 4.69) is 30.4 Å². The van der Waals surface area contributed by atoms with Crippen LogP contribution in [0.4, 0.5) is 5.69 Å². The number of thioether (sulfide) groups is 1. The molecule has 1 heterocycles. The maximum Gasteiger partial charge on any atom is 0.103 e. The normalized spacial score (nSPS) is 23.9. The van der Waals surface area contributed by atoms with Gasteiger partial charge in [-0.3, -0.25) is 0 Å². The van der Waals surface area contributed by atoms with E-state index in [4.69, 9.17) is 0 Å². The highest BCUT2D eigenvalue weighted by atomic mass is 32.2. The Morgan fingerprint density at radius 1 is 1.32 bits per heavy atom. The summed E-state index contributed by atoms with van der Waals surface area (Å²) in [6.07, 6.45) is 5.71. The number of anilines is 1. The molecule has 0 radical (unpaired) electrons. The Bertz CT molecular complexity index is 471.